The van der Waals surface area contributed by atoms with Gasteiger partial charge in [0, 0.05) is 33.7 Å². The lowest BCUT2D eigenvalue weighted by Crippen LogP contribution is -2.34. The topological polar surface area (TPSA) is 73.8 Å². The van der Waals surface area contributed by atoms with Crippen molar-refractivity contribution in [1.82, 2.24) is 14.9 Å². The predicted octanol–water partition coefficient (Wildman–Crippen LogP) is 0.766. The molecule has 21 heavy (non-hydrogen) atoms. The molecule has 0 bridgehead atoms. The third kappa shape index (κ3) is 3.74. The molecule has 0 aromatic heterocycles. The van der Waals surface area contributed by atoms with E-state index in [4.69, 9.17) is 0 Å². The molecule has 0 aliphatic carbocycles. The Balaban J connectivity index is 2.05. The van der Waals surface area contributed by atoms with Gasteiger partial charge in [-0.3, -0.25) is 4.99 Å². The van der Waals surface area contributed by atoms with Crippen molar-refractivity contribution in [2.24, 2.45) is 4.99 Å². The minimum absolute atomic E-state index is 0.367. The molecule has 0 saturated carbocycles. The van der Waals surface area contributed by atoms with Crippen LogP contribution in [0.15, 0.2) is 34.2 Å². The average molecular weight is 310 g/mol. The highest BCUT2D eigenvalue weighted by Crippen LogP contribution is 2.20. The molecule has 7 heteroatoms. The van der Waals surface area contributed by atoms with Crippen molar-refractivity contribution < 1.29 is 8.42 Å². The molecule has 1 aliphatic heterocycles. The fourth-order valence-electron chi connectivity index (χ4n) is 2.32. The van der Waals surface area contributed by atoms with Crippen LogP contribution in [0.5, 0.6) is 0 Å². The number of hydrogen-bond acceptors (Lipinski definition) is 3. The van der Waals surface area contributed by atoms with Crippen molar-refractivity contribution in [3.63, 3.8) is 0 Å². The molecule has 1 aliphatic rings. The number of benzene rings is 1. The first kappa shape index (κ1) is 15.8. The van der Waals surface area contributed by atoms with E-state index in [1.54, 1.807) is 30.5 Å². The van der Waals surface area contributed by atoms with Gasteiger partial charge in [-0.25, -0.2) is 8.42 Å². The van der Waals surface area contributed by atoms with Crippen molar-refractivity contribution in [2.45, 2.75) is 24.3 Å². The smallest absolute Gasteiger partial charge is 0.243 e. The predicted molar refractivity (Wildman–Crippen MR) is 83.7 cm³/mol. The van der Waals surface area contributed by atoms with Crippen LogP contribution >= 0.6 is 0 Å². The van der Waals surface area contributed by atoms with Crippen LogP contribution in [0.3, 0.4) is 0 Å². The highest BCUT2D eigenvalue weighted by molar-refractivity contribution is 7.89. The van der Waals surface area contributed by atoms with E-state index in [2.05, 4.69) is 15.6 Å². The fraction of sp³-hybridized carbons (Fsp3) is 0.500. The van der Waals surface area contributed by atoms with Gasteiger partial charge in [0.15, 0.2) is 5.96 Å². The quantitative estimate of drug-likeness (QED) is 0.636. The van der Waals surface area contributed by atoms with E-state index in [1.807, 2.05) is 12.1 Å². The van der Waals surface area contributed by atoms with E-state index in [0.29, 0.717) is 30.5 Å². The Morgan fingerprint density at radius 3 is 2.38 bits per heavy atom. The number of sulfonamides is 1. The zero-order chi connectivity index (χ0) is 15.3. The summed E-state index contributed by atoms with van der Waals surface area (Å²) in [6.45, 7) is 1.85. The summed E-state index contributed by atoms with van der Waals surface area (Å²) in [4.78, 5) is 4.39. The lowest BCUT2D eigenvalue weighted by molar-refractivity contribution is 0.477. The monoisotopic (exact) mass is 310 g/mol. The van der Waals surface area contributed by atoms with Gasteiger partial charge in [-0.15, -0.1) is 0 Å². The molecule has 1 aromatic rings. The van der Waals surface area contributed by atoms with Gasteiger partial charge >= 0.3 is 0 Å². The molecule has 1 heterocycles. The summed E-state index contributed by atoms with van der Waals surface area (Å²) in [6, 6.07) is 7.01. The number of guanidine groups is 1. The molecular formula is C14H22N4O2S. The van der Waals surface area contributed by atoms with Crippen LogP contribution < -0.4 is 10.6 Å². The lowest BCUT2D eigenvalue weighted by atomic mass is 10.2. The summed E-state index contributed by atoms with van der Waals surface area (Å²) in [6.07, 6.45) is 1.90. The van der Waals surface area contributed by atoms with Gasteiger partial charge in [0.2, 0.25) is 10.0 Å². The van der Waals surface area contributed by atoms with Gasteiger partial charge in [-0.2, -0.15) is 4.31 Å². The summed E-state index contributed by atoms with van der Waals surface area (Å²) in [7, 11) is 0.172. The molecule has 0 atom stereocenters. The second-order valence-electron chi connectivity index (χ2n) is 4.93. The molecule has 116 valence electrons. The zero-order valence-corrected chi connectivity index (χ0v) is 13.3. The van der Waals surface area contributed by atoms with Gasteiger partial charge < -0.3 is 10.6 Å². The molecule has 2 rings (SSSR count). The van der Waals surface area contributed by atoms with Crippen LogP contribution in [0, 0.1) is 0 Å². The number of rotatable bonds is 4. The average Bonchev–Trinajstić information content (AvgIpc) is 3.04. The van der Waals surface area contributed by atoms with E-state index in [0.717, 1.165) is 18.4 Å². The standard InChI is InChI=1S/C14H22N4O2S/c1-15-14(16-2)17-11-12-5-7-13(8-6-12)21(19,20)18-9-3-4-10-18/h5-8H,3-4,9-11H2,1-2H3,(H2,15,16,17). The molecule has 6 nitrogen and oxygen atoms in total. The number of nitrogens with one attached hydrogen (secondary N) is 2. The number of hydrogen-bond donors (Lipinski definition) is 2. The maximum Gasteiger partial charge on any atom is 0.243 e. The Morgan fingerprint density at radius 1 is 1.24 bits per heavy atom. The van der Waals surface area contributed by atoms with Crippen LogP contribution in [0.2, 0.25) is 0 Å². The second-order valence-corrected chi connectivity index (χ2v) is 6.87. The van der Waals surface area contributed by atoms with Gasteiger partial charge in [0.25, 0.3) is 0 Å². The van der Waals surface area contributed by atoms with Crippen molar-refractivity contribution in [2.75, 3.05) is 27.2 Å². The SMILES string of the molecule is CN=C(NC)NCc1ccc(S(=O)(=O)N2CCCC2)cc1. The van der Waals surface area contributed by atoms with Crippen LogP contribution in [0.1, 0.15) is 18.4 Å². The normalized spacial score (nSPS) is 17.0. The fourth-order valence-corrected chi connectivity index (χ4v) is 3.84. The molecule has 1 fully saturated rings. The van der Waals surface area contributed by atoms with Crippen molar-refractivity contribution in [1.29, 1.82) is 0 Å². The summed E-state index contributed by atoms with van der Waals surface area (Å²) in [5.74, 6) is 0.698. The highest BCUT2D eigenvalue weighted by Gasteiger charge is 2.26. The molecular weight excluding hydrogens is 288 g/mol. The summed E-state index contributed by atoms with van der Waals surface area (Å²) in [5.41, 5.74) is 1.01. The Bertz CT molecular complexity index is 590. The third-order valence-corrected chi connectivity index (χ3v) is 5.46. The molecule has 1 saturated heterocycles. The summed E-state index contributed by atoms with van der Waals surface area (Å²) >= 11 is 0. The minimum atomic E-state index is -3.32. The number of nitrogens with zero attached hydrogens (tertiary/aromatic N) is 2. The Hall–Kier alpha value is -1.60. The lowest BCUT2D eigenvalue weighted by Gasteiger charge is -2.15. The zero-order valence-electron chi connectivity index (χ0n) is 12.5. The van der Waals surface area contributed by atoms with Crippen LogP contribution in [-0.2, 0) is 16.6 Å². The molecule has 2 N–H and O–H groups in total. The molecule has 1 aromatic carbocycles. The first-order chi connectivity index (χ1) is 10.1. The maximum atomic E-state index is 12.4. The van der Waals surface area contributed by atoms with Gasteiger partial charge in [-0.05, 0) is 30.5 Å². The van der Waals surface area contributed by atoms with E-state index >= 15 is 0 Å². The molecule has 0 spiro atoms. The van der Waals surface area contributed by atoms with E-state index in [9.17, 15) is 8.42 Å². The van der Waals surface area contributed by atoms with Gasteiger partial charge in [0.1, 0.15) is 0 Å². The van der Waals surface area contributed by atoms with E-state index < -0.39 is 10.0 Å². The largest absolute Gasteiger partial charge is 0.359 e. The van der Waals surface area contributed by atoms with Crippen molar-refractivity contribution in [3.05, 3.63) is 29.8 Å². The Labute approximate surface area is 126 Å². The highest BCUT2D eigenvalue weighted by atomic mass is 32.2. The first-order valence-electron chi connectivity index (χ1n) is 7.05. The van der Waals surface area contributed by atoms with Crippen LogP contribution in [0.25, 0.3) is 0 Å². The third-order valence-electron chi connectivity index (χ3n) is 3.55. The Morgan fingerprint density at radius 2 is 1.86 bits per heavy atom. The van der Waals surface area contributed by atoms with E-state index in [1.165, 1.54) is 0 Å². The van der Waals surface area contributed by atoms with Crippen molar-refractivity contribution in [3.8, 4) is 0 Å². The molecule has 0 unspecified atom stereocenters. The minimum Gasteiger partial charge on any atom is -0.359 e. The van der Waals surface area contributed by atoms with Crippen LogP contribution in [0.4, 0.5) is 0 Å². The molecule has 0 amide bonds. The maximum absolute atomic E-state index is 12.4. The van der Waals surface area contributed by atoms with Gasteiger partial charge in [-0.1, -0.05) is 12.1 Å². The van der Waals surface area contributed by atoms with Gasteiger partial charge in [0.05, 0.1) is 4.90 Å². The molecule has 0 radical (unpaired) electrons. The van der Waals surface area contributed by atoms with E-state index in [-0.39, 0.29) is 0 Å². The second kappa shape index (κ2) is 6.91. The Kier molecular flexibility index (Phi) is 5.19. The van der Waals surface area contributed by atoms with Crippen LogP contribution in [-0.4, -0.2) is 45.9 Å². The summed E-state index contributed by atoms with van der Waals surface area (Å²) < 4.78 is 26.3. The first-order valence-corrected chi connectivity index (χ1v) is 8.49. The van der Waals surface area contributed by atoms with Crippen molar-refractivity contribution >= 4 is 16.0 Å². The number of aliphatic imine (C=N–C) groups is 1. The summed E-state index contributed by atoms with van der Waals surface area (Å²) in [5, 5.41) is 6.06.